The van der Waals surface area contributed by atoms with Gasteiger partial charge in [0.25, 0.3) is 0 Å². The van der Waals surface area contributed by atoms with E-state index in [0.717, 1.165) is 15.9 Å². The average molecular weight is 356 g/mol. The summed E-state index contributed by atoms with van der Waals surface area (Å²) in [5.41, 5.74) is 4.21. The number of nitrogens with zero attached hydrogens (tertiary/aromatic N) is 3. The molecule has 1 N–H and O–H groups in total. The van der Waals surface area contributed by atoms with Crippen LogP contribution in [0.25, 0.3) is 21.1 Å². The lowest BCUT2D eigenvalue weighted by Crippen LogP contribution is -2.00. The Kier molecular flexibility index (Phi) is 3.43. The lowest BCUT2D eigenvalue weighted by molar-refractivity contribution is 0.602. The predicted molar refractivity (Wildman–Crippen MR) is 95.6 cm³/mol. The van der Waals surface area contributed by atoms with Gasteiger partial charge in [0.15, 0.2) is 9.84 Å². The Bertz CT molecular complexity index is 1170. The molecule has 0 aliphatic rings. The quantitative estimate of drug-likeness (QED) is 0.606. The third-order valence-corrected chi connectivity index (χ3v) is 5.55. The summed E-state index contributed by atoms with van der Waals surface area (Å²) in [5, 5.41) is 3.88. The summed E-state index contributed by atoms with van der Waals surface area (Å²) in [6.45, 7) is 0. The Balaban J connectivity index is 1.83. The lowest BCUT2D eigenvalue weighted by Gasteiger charge is -2.09. The van der Waals surface area contributed by atoms with Crippen molar-refractivity contribution in [1.82, 2.24) is 15.0 Å². The maximum Gasteiger partial charge on any atom is 0.175 e. The molecule has 4 aromatic rings. The lowest BCUT2D eigenvalue weighted by atomic mass is 10.2. The third-order valence-electron chi connectivity index (χ3n) is 3.63. The van der Waals surface area contributed by atoms with Crippen molar-refractivity contribution in [2.75, 3.05) is 11.6 Å². The van der Waals surface area contributed by atoms with E-state index in [-0.39, 0.29) is 4.90 Å². The molecular formula is C16H12N4O2S2. The molecule has 8 heteroatoms. The summed E-state index contributed by atoms with van der Waals surface area (Å²) in [4.78, 5) is 13.0. The van der Waals surface area contributed by atoms with E-state index >= 15 is 0 Å². The first-order chi connectivity index (χ1) is 11.5. The second-order valence-electron chi connectivity index (χ2n) is 5.33. The molecule has 0 aliphatic carbocycles. The van der Waals surface area contributed by atoms with E-state index in [1.807, 2.05) is 18.2 Å². The van der Waals surface area contributed by atoms with Gasteiger partial charge >= 0.3 is 0 Å². The van der Waals surface area contributed by atoms with E-state index in [4.69, 9.17) is 0 Å². The maximum absolute atomic E-state index is 11.8. The molecule has 0 atom stereocenters. The van der Waals surface area contributed by atoms with E-state index < -0.39 is 9.84 Å². The smallest absolute Gasteiger partial charge is 0.175 e. The third kappa shape index (κ3) is 2.70. The molecule has 24 heavy (non-hydrogen) atoms. The highest BCUT2D eigenvalue weighted by molar-refractivity contribution is 7.90. The van der Waals surface area contributed by atoms with Crippen LogP contribution in [0.5, 0.6) is 0 Å². The second kappa shape index (κ2) is 5.50. The number of benzene rings is 2. The fourth-order valence-corrected chi connectivity index (χ4v) is 3.74. The Hall–Kier alpha value is -2.58. The van der Waals surface area contributed by atoms with Gasteiger partial charge in [-0.1, -0.05) is 0 Å². The van der Waals surface area contributed by atoms with Crippen molar-refractivity contribution in [3.05, 3.63) is 48.2 Å². The molecule has 0 amide bonds. The van der Waals surface area contributed by atoms with Crippen molar-refractivity contribution in [2.45, 2.75) is 4.90 Å². The summed E-state index contributed by atoms with van der Waals surface area (Å²) in [5.74, 6) is 0.556. The normalized spacial score (nSPS) is 11.9. The van der Waals surface area contributed by atoms with Crippen molar-refractivity contribution in [2.24, 2.45) is 0 Å². The van der Waals surface area contributed by atoms with Crippen molar-refractivity contribution in [1.29, 1.82) is 0 Å². The number of sulfone groups is 1. The van der Waals surface area contributed by atoms with Crippen LogP contribution in [0.4, 0.5) is 11.5 Å². The largest absolute Gasteiger partial charge is 0.340 e. The summed E-state index contributed by atoms with van der Waals surface area (Å²) in [6, 6.07) is 10.7. The van der Waals surface area contributed by atoms with Crippen LogP contribution in [0.15, 0.2) is 53.1 Å². The number of fused-ring (bicyclic) bond motifs is 2. The van der Waals surface area contributed by atoms with Crippen LogP contribution < -0.4 is 5.32 Å². The predicted octanol–water partition coefficient (Wildman–Crippen LogP) is 3.39. The van der Waals surface area contributed by atoms with Crippen molar-refractivity contribution in [3.8, 4) is 0 Å². The number of nitrogens with one attached hydrogen (secondary N) is 1. The molecule has 0 bridgehead atoms. The van der Waals surface area contributed by atoms with Gasteiger partial charge in [0.2, 0.25) is 0 Å². The second-order valence-corrected chi connectivity index (χ2v) is 8.24. The van der Waals surface area contributed by atoms with Crippen LogP contribution in [-0.2, 0) is 9.84 Å². The van der Waals surface area contributed by atoms with E-state index in [9.17, 15) is 8.42 Å². The molecule has 0 saturated carbocycles. The highest BCUT2D eigenvalue weighted by Gasteiger charge is 2.11. The maximum atomic E-state index is 11.8. The molecular weight excluding hydrogens is 344 g/mol. The van der Waals surface area contributed by atoms with Crippen LogP contribution in [0.2, 0.25) is 0 Å². The van der Waals surface area contributed by atoms with Gasteiger partial charge in [-0.05, 0) is 36.4 Å². The molecule has 0 unspecified atom stereocenters. The number of hydrogen-bond donors (Lipinski definition) is 1. The number of rotatable bonds is 3. The van der Waals surface area contributed by atoms with Gasteiger partial charge in [-0.15, -0.1) is 11.3 Å². The van der Waals surface area contributed by atoms with Crippen LogP contribution in [0.3, 0.4) is 0 Å². The Labute approximate surface area is 142 Å². The van der Waals surface area contributed by atoms with E-state index in [1.54, 1.807) is 35.0 Å². The van der Waals surface area contributed by atoms with Crippen LogP contribution in [-0.4, -0.2) is 29.6 Å². The van der Waals surface area contributed by atoms with Crippen LogP contribution in [0, 0.1) is 0 Å². The monoisotopic (exact) mass is 356 g/mol. The van der Waals surface area contributed by atoms with Crippen LogP contribution >= 0.6 is 11.3 Å². The number of anilines is 2. The summed E-state index contributed by atoms with van der Waals surface area (Å²) in [6.07, 6.45) is 2.63. The minimum Gasteiger partial charge on any atom is -0.340 e. The van der Waals surface area contributed by atoms with Gasteiger partial charge in [-0.3, -0.25) is 0 Å². The molecule has 0 spiro atoms. The first-order valence-corrected chi connectivity index (χ1v) is 9.83. The van der Waals surface area contributed by atoms with Crippen molar-refractivity contribution >= 4 is 53.8 Å². The van der Waals surface area contributed by atoms with Gasteiger partial charge in [-0.2, -0.15) is 0 Å². The minimum absolute atomic E-state index is 0.239. The molecule has 0 aliphatic heterocycles. The first kappa shape index (κ1) is 15.0. The van der Waals surface area contributed by atoms with E-state index in [0.29, 0.717) is 16.7 Å². The molecule has 120 valence electrons. The van der Waals surface area contributed by atoms with E-state index in [1.165, 1.54) is 12.6 Å². The molecule has 6 nitrogen and oxygen atoms in total. The van der Waals surface area contributed by atoms with Crippen molar-refractivity contribution in [3.63, 3.8) is 0 Å². The van der Waals surface area contributed by atoms with E-state index in [2.05, 4.69) is 20.3 Å². The Morgan fingerprint density at radius 3 is 2.71 bits per heavy atom. The fraction of sp³-hybridized carbons (Fsp3) is 0.0625. The average Bonchev–Trinajstić information content (AvgIpc) is 3.01. The zero-order valence-corrected chi connectivity index (χ0v) is 14.2. The highest BCUT2D eigenvalue weighted by Crippen LogP contribution is 2.27. The summed E-state index contributed by atoms with van der Waals surface area (Å²) < 4.78 is 24.7. The minimum atomic E-state index is -3.30. The Morgan fingerprint density at radius 2 is 1.88 bits per heavy atom. The first-order valence-electron chi connectivity index (χ1n) is 7.06. The molecule has 2 aromatic carbocycles. The van der Waals surface area contributed by atoms with Gasteiger partial charge in [0.05, 0.1) is 26.1 Å². The Morgan fingerprint density at radius 1 is 1.00 bits per heavy atom. The van der Waals surface area contributed by atoms with Crippen LogP contribution in [0.1, 0.15) is 0 Å². The van der Waals surface area contributed by atoms with Gasteiger partial charge in [0.1, 0.15) is 12.1 Å². The molecule has 0 radical (unpaired) electrons. The highest BCUT2D eigenvalue weighted by atomic mass is 32.2. The zero-order valence-electron chi connectivity index (χ0n) is 12.6. The molecule has 4 rings (SSSR count). The molecule has 0 saturated heterocycles. The SMILES string of the molecule is CS(=O)(=O)c1ccc2ncnc(Nc3ccc4scnc4c3)c2c1. The standard InChI is InChI=1S/C16H12N4O2S2/c1-24(21,22)11-3-4-13-12(7-11)16(18-8-17-13)20-10-2-5-15-14(6-10)19-9-23-15/h2-9H,1H3,(H,17,18,20). The molecule has 2 heterocycles. The molecule has 2 aromatic heterocycles. The molecule has 0 fully saturated rings. The van der Waals surface area contributed by atoms with Gasteiger partial charge in [-0.25, -0.2) is 23.4 Å². The zero-order chi connectivity index (χ0) is 16.7. The topological polar surface area (TPSA) is 84.8 Å². The fourth-order valence-electron chi connectivity index (χ4n) is 2.44. The van der Waals surface area contributed by atoms with Gasteiger partial charge < -0.3 is 5.32 Å². The number of thiazole rings is 1. The number of hydrogen-bond acceptors (Lipinski definition) is 7. The van der Waals surface area contributed by atoms with Gasteiger partial charge in [0, 0.05) is 17.3 Å². The summed E-state index contributed by atoms with van der Waals surface area (Å²) in [7, 11) is -3.30. The summed E-state index contributed by atoms with van der Waals surface area (Å²) >= 11 is 1.58. The number of aromatic nitrogens is 3. The van der Waals surface area contributed by atoms with Crippen molar-refractivity contribution < 1.29 is 8.42 Å².